The van der Waals surface area contributed by atoms with E-state index in [0.717, 1.165) is 12.6 Å². The van der Waals surface area contributed by atoms with Gasteiger partial charge in [-0.3, -0.25) is 0 Å². The predicted octanol–water partition coefficient (Wildman–Crippen LogP) is 3.67. The topological polar surface area (TPSA) is 62.5 Å². The molecule has 0 bridgehead atoms. The maximum atomic E-state index is 9.75. The molecule has 22 heavy (non-hydrogen) atoms. The van der Waals surface area contributed by atoms with E-state index in [-0.39, 0.29) is 0 Å². The fraction of sp³-hybridized carbons (Fsp3) is 0.389. The number of nitrogens with one attached hydrogen (secondary N) is 1. The van der Waals surface area contributed by atoms with E-state index in [2.05, 4.69) is 26.0 Å². The lowest BCUT2D eigenvalue weighted by Gasteiger charge is -2.19. The van der Waals surface area contributed by atoms with Crippen LogP contribution in [0.15, 0.2) is 41.5 Å². The number of hydrogen-bond donors (Lipinski definition) is 2. The van der Waals surface area contributed by atoms with Gasteiger partial charge in [-0.1, -0.05) is 30.7 Å². The molecule has 2 atom stereocenters. The molecule has 0 fully saturated rings. The van der Waals surface area contributed by atoms with Crippen molar-refractivity contribution < 1.29 is 14.6 Å². The van der Waals surface area contributed by atoms with Gasteiger partial charge in [-0.25, -0.2) is 0 Å². The first-order chi connectivity index (χ1) is 10.5. The van der Waals surface area contributed by atoms with Gasteiger partial charge in [-0.05, 0) is 42.5 Å². The van der Waals surface area contributed by atoms with Crippen LogP contribution in [-0.4, -0.2) is 25.0 Å². The van der Waals surface area contributed by atoms with Crippen molar-refractivity contribution in [1.82, 2.24) is 0 Å². The van der Waals surface area contributed by atoms with Crippen LogP contribution in [0.2, 0.25) is 0 Å². The van der Waals surface area contributed by atoms with Crippen LogP contribution in [-0.2, 0) is 0 Å². The van der Waals surface area contributed by atoms with Crippen molar-refractivity contribution in [2.75, 3.05) is 13.7 Å². The summed E-state index contributed by atoms with van der Waals surface area (Å²) in [6, 6.07) is 5.21. The van der Waals surface area contributed by atoms with Crippen molar-refractivity contribution in [3.05, 3.63) is 47.1 Å². The second-order valence-electron chi connectivity index (χ2n) is 5.71. The largest absolute Gasteiger partial charge is 0.493 e. The van der Waals surface area contributed by atoms with Gasteiger partial charge in [0.15, 0.2) is 11.5 Å². The number of ether oxygens (including phenoxy) is 2. The Balaban J connectivity index is 2.14. The van der Waals surface area contributed by atoms with E-state index < -0.39 is 6.10 Å². The van der Waals surface area contributed by atoms with Gasteiger partial charge in [0.1, 0.15) is 12.7 Å². The van der Waals surface area contributed by atoms with E-state index >= 15 is 0 Å². The molecule has 1 aliphatic rings. The minimum absolute atomic E-state index is 0.496. The number of allylic oxidation sites excluding steroid dienone is 3. The highest BCUT2D eigenvalue weighted by Crippen LogP contribution is 2.31. The molecule has 0 heterocycles. The number of aliphatic hydroxyl groups excluding tert-OH is 1. The summed E-state index contributed by atoms with van der Waals surface area (Å²) in [6.07, 6.45) is 5.47. The Morgan fingerprint density at radius 2 is 2.18 bits per heavy atom. The fourth-order valence-corrected chi connectivity index (χ4v) is 2.71. The number of hydrogen-bond acceptors (Lipinski definition) is 4. The van der Waals surface area contributed by atoms with Gasteiger partial charge >= 0.3 is 0 Å². The van der Waals surface area contributed by atoms with Crippen molar-refractivity contribution in [2.45, 2.75) is 26.4 Å². The van der Waals surface area contributed by atoms with Crippen LogP contribution in [0.25, 0.3) is 0 Å². The van der Waals surface area contributed by atoms with Gasteiger partial charge in [-0.15, -0.1) is 0 Å². The molecular weight excluding hydrogens is 278 g/mol. The summed E-state index contributed by atoms with van der Waals surface area (Å²) in [5.74, 6) is 1.73. The quantitative estimate of drug-likeness (QED) is 0.788. The molecule has 1 aromatic carbocycles. The molecule has 0 saturated carbocycles. The highest BCUT2D eigenvalue weighted by molar-refractivity contribution is 5.63. The number of rotatable bonds is 6. The molecule has 118 valence electrons. The number of aliphatic hydroxyl groups is 1. The predicted molar refractivity (Wildman–Crippen MR) is 87.9 cm³/mol. The normalized spacial score (nSPS) is 19.0. The molecule has 2 rings (SSSR count). The second-order valence-corrected chi connectivity index (χ2v) is 5.71. The minimum Gasteiger partial charge on any atom is -0.493 e. The van der Waals surface area contributed by atoms with E-state index in [9.17, 15) is 5.11 Å². The number of benzene rings is 1. The lowest BCUT2D eigenvalue weighted by Crippen LogP contribution is -2.09. The summed E-state index contributed by atoms with van der Waals surface area (Å²) in [5, 5.41) is 16.9. The van der Waals surface area contributed by atoms with E-state index in [4.69, 9.17) is 14.9 Å². The molecule has 0 aliphatic heterocycles. The van der Waals surface area contributed by atoms with Gasteiger partial charge < -0.3 is 20.0 Å². The minimum atomic E-state index is -0.924. The van der Waals surface area contributed by atoms with Crippen LogP contribution < -0.4 is 9.47 Å². The summed E-state index contributed by atoms with van der Waals surface area (Å²) >= 11 is 0. The van der Waals surface area contributed by atoms with Gasteiger partial charge in [-0.2, -0.15) is 0 Å². The Kier molecular flexibility index (Phi) is 5.39. The zero-order valence-electron chi connectivity index (χ0n) is 13.3. The molecule has 1 aliphatic carbocycles. The molecule has 2 unspecified atom stereocenters. The molecule has 2 N–H and O–H groups in total. The lowest BCUT2D eigenvalue weighted by molar-refractivity contribution is 0.250. The molecule has 0 amide bonds. The third-order valence-corrected chi connectivity index (χ3v) is 3.66. The van der Waals surface area contributed by atoms with E-state index in [1.54, 1.807) is 25.3 Å². The summed E-state index contributed by atoms with van der Waals surface area (Å²) in [7, 11) is 1.59. The monoisotopic (exact) mass is 301 g/mol. The number of methoxy groups -OCH3 is 1. The SMILES string of the molecule is COc1ccc(C(O)C=N)cc1OCC1=CC(C)=CC(C)C1. The highest BCUT2D eigenvalue weighted by atomic mass is 16.5. The Labute approximate surface area is 131 Å². The van der Waals surface area contributed by atoms with Crippen molar-refractivity contribution >= 4 is 6.21 Å². The van der Waals surface area contributed by atoms with Crippen molar-refractivity contribution in [3.63, 3.8) is 0 Å². The Hall–Kier alpha value is -2.07. The molecule has 1 aromatic rings. The first-order valence-electron chi connectivity index (χ1n) is 7.40. The summed E-state index contributed by atoms with van der Waals surface area (Å²) in [6.45, 7) is 4.78. The molecule has 0 radical (unpaired) electrons. The average Bonchev–Trinajstić information content (AvgIpc) is 2.51. The van der Waals surface area contributed by atoms with Crippen LogP contribution in [0, 0.1) is 11.3 Å². The summed E-state index contributed by atoms with van der Waals surface area (Å²) in [4.78, 5) is 0. The van der Waals surface area contributed by atoms with Crippen molar-refractivity contribution in [2.24, 2.45) is 5.92 Å². The lowest BCUT2D eigenvalue weighted by atomic mass is 9.93. The van der Waals surface area contributed by atoms with Crippen LogP contribution in [0.1, 0.15) is 31.9 Å². The first-order valence-corrected chi connectivity index (χ1v) is 7.40. The van der Waals surface area contributed by atoms with Gasteiger partial charge in [0.25, 0.3) is 0 Å². The van der Waals surface area contributed by atoms with E-state index in [1.807, 2.05) is 0 Å². The summed E-state index contributed by atoms with van der Waals surface area (Å²) in [5.41, 5.74) is 3.12. The maximum Gasteiger partial charge on any atom is 0.162 e. The standard InChI is InChI=1S/C18H23NO3/c1-12-6-13(2)8-14(7-12)11-22-18-9-15(16(20)10-19)4-5-17(18)21-3/h4-7,9-10,13,16,19-20H,8,11H2,1-3H3. The smallest absolute Gasteiger partial charge is 0.162 e. The van der Waals surface area contributed by atoms with Crippen LogP contribution in [0.5, 0.6) is 11.5 Å². The van der Waals surface area contributed by atoms with Crippen LogP contribution >= 0.6 is 0 Å². The summed E-state index contributed by atoms with van der Waals surface area (Å²) < 4.78 is 11.2. The fourth-order valence-electron chi connectivity index (χ4n) is 2.71. The molecule has 0 saturated heterocycles. The van der Waals surface area contributed by atoms with Crippen molar-refractivity contribution in [1.29, 1.82) is 5.41 Å². The molecule has 4 heteroatoms. The van der Waals surface area contributed by atoms with E-state index in [1.165, 1.54) is 11.1 Å². The molecule has 0 aromatic heterocycles. The third-order valence-electron chi connectivity index (χ3n) is 3.66. The first kappa shape index (κ1) is 16.3. The van der Waals surface area contributed by atoms with Gasteiger partial charge in [0.05, 0.1) is 7.11 Å². The van der Waals surface area contributed by atoms with Crippen LogP contribution in [0.4, 0.5) is 0 Å². The molecule has 4 nitrogen and oxygen atoms in total. The zero-order chi connectivity index (χ0) is 16.1. The Morgan fingerprint density at radius 1 is 1.41 bits per heavy atom. The van der Waals surface area contributed by atoms with E-state index in [0.29, 0.717) is 29.6 Å². The molecule has 0 spiro atoms. The third kappa shape index (κ3) is 3.98. The molecular formula is C18H23NO3. The Bertz CT molecular complexity index is 604. The van der Waals surface area contributed by atoms with Crippen LogP contribution in [0.3, 0.4) is 0 Å². The average molecular weight is 301 g/mol. The maximum absolute atomic E-state index is 9.75. The van der Waals surface area contributed by atoms with Crippen molar-refractivity contribution in [3.8, 4) is 11.5 Å². The second kappa shape index (κ2) is 7.27. The highest BCUT2D eigenvalue weighted by Gasteiger charge is 2.13. The van der Waals surface area contributed by atoms with Gasteiger partial charge in [0, 0.05) is 6.21 Å². The Morgan fingerprint density at radius 3 is 2.82 bits per heavy atom. The van der Waals surface area contributed by atoms with Gasteiger partial charge in [0.2, 0.25) is 0 Å². The zero-order valence-corrected chi connectivity index (χ0v) is 13.3.